The van der Waals surface area contributed by atoms with Gasteiger partial charge in [0.1, 0.15) is 6.20 Å². The summed E-state index contributed by atoms with van der Waals surface area (Å²) in [4.78, 5) is 4.91. The lowest BCUT2D eigenvalue weighted by Crippen LogP contribution is -2.32. The van der Waals surface area contributed by atoms with E-state index in [2.05, 4.69) is 81.0 Å². The molecule has 1 aromatic heterocycles. The fraction of sp³-hybridized carbons (Fsp3) is 0.263. The Labute approximate surface area is 126 Å². The molecule has 21 heavy (non-hydrogen) atoms. The first-order valence-electron chi connectivity index (χ1n) is 7.43. The van der Waals surface area contributed by atoms with Crippen molar-refractivity contribution < 1.29 is 4.57 Å². The zero-order valence-corrected chi connectivity index (χ0v) is 13.1. The molecule has 0 radical (unpaired) electrons. The van der Waals surface area contributed by atoms with Gasteiger partial charge < -0.3 is 0 Å². The number of aromatic nitrogens is 2. The van der Waals surface area contributed by atoms with Gasteiger partial charge in [0.05, 0.1) is 18.0 Å². The molecule has 0 atom stereocenters. The Morgan fingerprint density at radius 3 is 2.48 bits per heavy atom. The summed E-state index contributed by atoms with van der Waals surface area (Å²) in [6.45, 7) is 6.58. The average molecular weight is 277 g/mol. The fourth-order valence-corrected chi connectivity index (χ4v) is 2.83. The summed E-state index contributed by atoms with van der Waals surface area (Å²) < 4.78 is 2.14. The van der Waals surface area contributed by atoms with Crippen molar-refractivity contribution in [3.8, 4) is 11.4 Å². The first-order valence-corrected chi connectivity index (χ1v) is 7.43. The molecular formula is C19H21N2+. The Bertz CT molecular complexity index is 804. The monoisotopic (exact) mass is 277 g/mol. The minimum absolute atomic E-state index is 0.500. The van der Waals surface area contributed by atoms with Gasteiger partial charge in [0.2, 0.25) is 0 Å². The van der Waals surface area contributed by atoms with Crippen LogP contribution in [0, 0.1) is 6.92 Å². The molecule has 0 fully saturated rings. The second-order valence-corrected chi connectivity index (χ2v) is 5.93. The first kappa shape index (κ1) is 13.7. The van der Waals surface area contributed by atoms with Crippen LogP contribution in [0.25, 0.3) is 22.3 Å². The lowest BCUT2D eigenvalue weighted by molar-refractivity contribution is -0.661. The fourth-order valence-electron chi connectivity index (χ4n) is 2.83. The normalized spacial score (nSPS) is 11.3. The molecule has 0 spiro atoms. The number of rotatable bonds is 2. The van der Waals surface area contributed by atoms with Crippen molar-refractivity contribution in [2.24, 2.45) is 7.05 Å². The van der Waals surface area contributed by atoms with Crippen molar-refractivity contribution in [2.75, 3.05) is 0 Å². The molecule has 0 bridgehead atoms. The standard InChI is InChI=1S/C19H21N2/c1-13(2)15-10-7-11-18-17(15)12-21(4)19(20-18)16-9-6-5-8-14(16)3/h5-13H,1-4H3/q+1. The largest absolute Gasteiger partial charge is 0.331 e. The molecule has 1 heterocycles. The van der Waals surface area contributed by atoms with Gasteiger partial charge in [0.15, 0.2) is 5.52 Å². The molecule has 0 aliphatic heterocycles. The summed E-state index contributed by atoms with van der Waals surface area (Å²) in [6.07, 6.45) is 2.21. The second-order valence-electron chi connectivity index (χ2n) is 5.93. The van der Waals surface area contributed by atoms with E-state index in [1.165, 1.54) is 22.1 Å². The maximum Gasteiger partial charge on any atom is 0.331 e. The average Bonchev–Trinajstić information content (AvgIpc) is 2.46. The summed E-state index contributed by atoms with van der Waals surface area (Å²) in [5, 5.41) is 1.24. The SMILES string of the molecule is Cc1ccccc1-c1nc2cccc(C(C)C)c2c[n+]1C. The van der Waals surface area contributed by atoms with E-state index in [0.29, 0.717) is 5.92 Å². The van der Waals surface area contributed by atoms with E-state index in [1.807, 2.05) is 0 Å². The molecule has 2 nitrogen and oxygen atoms in total. The Morgan fingerprint density at radius 1 is 1.00 bits per heavy atom. The van der Waals surface area contributed by atoms with E-state index in [1.54, 1.807) is 0 Å². The Morgan fingerprint density at radius 2 is 1.76 bits per heavy atom. The Kier molecular flexibility index (Phi) is 3.46. The van der Waals surface area contributed by atoms with Gasteiger partial charge in [-0.15, -0.1) is 0 Å². The molecule has 2 aromatic carbocycles. The number of fused-ring (bicyclic) bond motifs is 1. The molecule has 0 N–H and O–H groups in total. The first-order chi connectivity index (χ1) is 10.1. The van der Waals surface area contributed by atoms with Crippen LogP contribution in [-0.4, -0.2) is 4.98 Å². The van der Waals surface area contributed by atoms with Crippen molar-refractivity contribution in [2.45, 2.75) is 26.7 Å². The highest BCUT2D eigenvalue weighted by molar-refractivity contribution is 5.82. The van der Waals surface area contributed by atoms with Crippen LogP contribution in [0.2, 0.25) is 0 Å². The summed E-state index contributed by atoms with van der Waals surface area (Å²) in [5.41, 5.74) is 4.86. The number of benzene rings is 2. The quantitative estimate of drug-likeness (QED) is 0.643. The second kappa shape index (κ2) is 5.28. The van der Waals surface area contributed by atoms with Gasteiger partial charge in [-0.2, -0.15) is 0 Å². The summed E-state index contributed by atoms with van der Waals surface area (Å²) in [7, 11) is 2.07. The zero-order valence-electron chi connectivity index (χ0n) is 13.1. The predicted octanol–water partition coefficient (Wildman–Crippen LogP) is 4.16. The molecule has 106 valence electrons. The van der Waals surface area contributed by atoms with Crippen LogP contribution >= 0.6 is 0 Å². The third-order valence-corrected chi connectivity index (χ3v) is 4.01. The predicted molar refractivity (Wildman–Crippen MR) is 87.2 cm³/mol. The van der Waals surface area contributed by atoms with E-state index < -0.39 is 0 Å². The molecule has 3 rings (SSSR count). The molecule has 0 unspecified atom stereocenters. The smallest absolute Gasteiger partial charge is 0.232 e. The van der Waals surface area contributed by atoms with Crippen LogP contribution in [0.4, 0.5) is 0 Å². The lowest BCUT2D eigenvalue weighted by Gasteiger charge is -2.09. The van der Waals surface area contributed by atoms with Gasteiger partial charge >= 0.3 is 5.82 Å². The highest BCUT2D eigenvalue weighted by Crippen LogP contribution is 2.25. The van der Waals surface area contributed by atoms with Gasteiger partial charge in [-0.1, -0.05) is 44.2 Å². The van der Waals surface area contributed by atoms with Crippen LogP contribution in [0.1, 0.15) is 30.9 Å². The van der Waals surface area contributed by atoms with Crippen molar-refractivity contribution in [3.63, 3.8) is 0 Å². The molecule has 3 aromatic rings. The van der Waals surface area contributed by atoms with E-state index >= 15 is 0 Å². The van der Waals surface area contributed by atoms with Gasteiger partial charge in [0.25, 0.3) is 0 Å². The minimum atomic E-state index is 0.500. The summed E-state index contributed by atoms with van der Waals surface area (Å²) >= 11 is 0. The Balaban J connectivity index is 2.28. The maximum absolute atomic E-state index is 4.91. The topological polar surface area (TPSA) is 16.8 Å². The molecule has 0 aliphatic rings. The molecule has 2 heteroatoms. The van der Waals surface area contributed by atoms with E-state index in [9.17, 15) is 0 Å². The van der Waals surface area contributed by atoms with Gasteiger partial charge in [-0.25, -0.2) is 4.57 Å². The van der Waals surface area contributed by atoms with Crippen molar-refractivity contribution in [3.05, 3.63) is 59.8 Å². The van der Waals surface area contributed by atoms with Crippen LogP contribution in [0.15, 0.2) is 48.7 Å². The number of aryl methyl sites for hydroxylation is 2. The van der Waals surface area contributed by atoms with E-state index in [0.717, 1.165) is 11.3 Å². The maximum atomic E-state index is 4.91. The molecule has 0 saturated heterocycles. The van der Waals surface area contributed by atoms with Crippen LogP contribution < -0.4 is 4.57 Å². The Hall–Kier alpha value is -2.22. The lowest BCUT2D eigenvalue weighted by atomic mass is 9.99. The molecular weight excluding hydrogens is 256 g/mol. The summed E-state index contributed by atoms with van der Waals surface area (Å²) in [5.74, 6) is 1.52. The zero-order chi connectivity index (χ0) is 15.0. The van der Waals surface area contributed by atoms with Crippen LogP contribution in [-0.2, 0) is 7.05 Å². The van der Waals surface area contributed by atoms with Crippen molar-refractivity contribution >= 4 is 10.9 Å². The molecule has 0 aliphatic carbocycles. The van der Waals surface area contributed by atoms with Crippen LogP contribution in [0.3, 0.4) is 0 Å². The van der Waals surface area contributed by atoms with E-state index in [-0.39, 0.29) is 0 Å². The van der Waals surface area contributed by atoms with Gasteiger partial charge in [0, 0.05) is 0 Å². The number of nitrogens with zero attached hydrogens (tertiary/aromatic N) is 2. The highest BCUT2D eigenvalue weighted by Gasteiger charge is 2.18. The van der Waals surface area contributed by atoms with Gasteiger partial charge in [-0.3, -0.25) is 0 Å². The highest BCUT2D eigenvalue weighted by atomic mass is 15.0. The number of hydrogen-bond acceptors (Lipinski definition) is 1. The summed E-state index contributed by atoms with van der Waals surface area (Å²) in [6, 6.07) is 14.8. The minimum Gasteiger partial charge on any atom is -0.232 e. The van der Waals surface area contributed by atoms with Crippen molar-refractivity contribution in [1.29, 1.82) is 0 Å². The third-order valence-electron chi connectivity index (χ3n) is 4.01. The van der Waals surface area contributed by atoms with E-state index in [4.69, 9.17) is 4.98 Å². The van der Waals surface area contributed by atoms with Crippen molar-refractivity contribution in [1.82, 2.24) is 4.98 Å². The molecule has 0 saturated carbocycles. The van der Waals surface area contributed by atoms with Gasteiger partial charge in [-0.05, 0) is 41.1 Å². The third kappa shape index (κ3) is 2.42. The van der Waals surface area contributed by atoms with Crippen LogP contribution in [0.5, 0.6) is 0 Å². The number of hydrogen-bond donors (Lipinski definition) is 0. The molecule has 0 amide bonds.